The molecule has 1 fully saturated rings. The minimum absolute atomic E-state index is 0.0325. The molecule has 1 heterocycles. The van der Waals surface area contributed by atoms with Crippen LogP contribution in [0, 0.1) is 11.7 Å². The van der Waals surface area contributed by atoms with Crippen molar-refractivity contribution in [1.29, 1.82) is 0 Å². The van der Waals surface area contributed by atoms with Gasteiger partial charge in [-0.2, -0.15) is 0 Å². The van der Waals surface area contributed by atoms with E-state index in [-0.39, 0.29) is 11.1 Å². The maximum Gasteiger partial charge on any atom is 0.142 e. The molecule has 1 aromatic rings. The van der Waals surface area contributed by atoms with Gasteiger partial charge in [0.05, 0.1) is 11.6 Å². The van der Waals surface area contributed by atoms with Gasteiger partial charge in [-0.3, -0.25) is 0 Å². The van der Waals surface area contributed by atoms with Crippen molar-refractivity contribution in [1.82, 2.24) is 5.32 Å². The van der Waals surface area contributed by atoms with Crippen LogP contribution in [0.25, 0.3) is 0 Å². The molecule has 0 aromatic heterocycles. The molecule has 1 aromatic carbocycles. The first-order chi connectivity index (χ1) is 8.99. The Morgan fingerprint density at radius 1 is 1.32 bits per heavy atom. The molecule has 5 heteroatoms. The summed E-state index contributed by atoms with van der Waals surface area (Å²) in [5.74, 6) is 0.0601. The van der Waals surface area contributed by atoms with E-state index in [4.69, 9.17) is 27.9 Å². The lowest BCUT2D eigenvalue weighted by Crippen LogP contribution is -2.35. The Labute approximate surface area is 123 Å². The van der Waals surface area contributed by atoms with Crippen molar-refractivity contribution in [3.8, 4) is 0 Å². The first kappa shape index (κ1) is 15.0. The first-order valence-corrected chi connectivity index (χ1v) is 7.23. The average molecular weight is 306 g/mol. The lowest BCUT2D eigenvalue weighted by molar-refractivity contribution is 0.177. The summed E-state index contributed by atoms with van der Waals surface area (Å²) < 4.78 is 18.9. The number of hydrogen-bond donors (Lipinski definition) is 1. The van der Waals surface area contributed by atoms with E-state index in [0.717, 1.165) is 25.2 Å². The van der Waals surface area contributed by atoms with Crippen molar-refractivity contribution in [3.05, 3.63) is 33.6 Å². The van der Waals surface area contributed by atoms with Crippen LogP contribution in [0.5, 0.6) is 0 Å². The Morgan fingerprint density at radius 2 is 2.05 bits per heavy atom. The number of hydrogen-bond acceptors (Lipinski definition) is 2. The van der Waals surface area contributed by atoms with Gasteiger partial charge >= 0.3 is 0 Å². The van der Waals surface area contributed by atoms with E-state index >= 15 is 0 Å². The Bertz CT molecular complexity index is 449. The van der Waals surface area contributed by atoms with Gasteiger partial charge in [-0.05, 0) is 43.9 Å². The summed E-state index contributed by atoms with van der Waals surface area (Å²) in [6, 6.07) is 3.12. The fourth-order valence-electron chi connectivity index (χ4n) is 2.44. The van der Waals surface area contributed by atoms with Crippen LogP contribution in [0.4, 0.5) is 4.39 Å². The summed E-state index contributed by atoms with van der Waals surface area (Å²) in [5.41, 5.74) is 0.731. The van der Waals surface area contributed by atoms with E-state index in [2.05, 4.69) is 12.2 Å². The number of halogens is 3. The van der Waals surface area contributed by atoms with Crippen LogP contribution >= 0.6 is 23.2 Å². The van der Waals surface area contributed by atoms with Gasteiger partial charge < -0.3 is 10.1 Å². The smallest absolute Gasteiger partial charge is 0.142 e. The lowest BCUT2D eigenvalue weighted by Gasteiger charge is -2.25. The van der Waals surface area contributed by atoms with Crippen molar-refractivity contribution in [2.24, 2.45) is 5.92 Å². The molecule has 0 spiro atoms. The van der Waals surface area contributed by atoms with Gasteiger partial charge in [0.25, 0.3) is 0 Å². The van der Waals surface area contributed by atoms with Crippen LogP contribution in [0.2, 0.25) is 10.0 Å². The highest BCUT2D eigenvalue weighted by Gasteiger charge is 2.24. The maximum atomic E-state index is 13.5. The molecule has 3 unspecified atom stereocenters. The molecule has 2 nitrogen and oxygen atoms in total. The Kier molecular flexibility index (Phi) is 5.07. The molecule has 0 bridgehead atoms. The second-order valence-electron chi connectivity index (χ2n) is 5.09. The quantitative estimate of drug-likeness (QED) is 0.841. The minimum atomic E-state index is -0.438. The van der Waals surface area contributed by atoms with Gasteiger partial charge in [-0.15, -0.1) is 0 Å². The normalized spacial score (nSPS) is 22.5. The van der Waals surface area contributed by atoms with Crippen molar-refractivity contribution < 1.29 is 9.13 Å². The van der Waals surface area contributed by atoms with Gasteiger partial charge in [-0.25, -0.2) is 4.39 Å². The standard InChI is InChI=1S/C14H18Cl2FNO/c1-8(10-3-4-19-7-10)18-9(2)11-5-14(17)13(16)6-12(11)15/h5-6,8-10,18H,3-4,7H2,1-2H3. The number of ether oxygens (including phenoxy) is 1. The summed E-state index contributed by atoms with van der Waals surface area (Å²) in [5, 5.41) is 3.99. The zero-order chi connectivity index (χ0) is 14.0. The highest BCUT2D eigenvalue weighted by Crippen LogP contribution is 2.29. The second-order valence-corrected chi connectivity index (χ2v) is 5.90. The molecule has 1 N–H and O–H groups in total. The fourth-order valence-corrected chi connectivity index (χ4v) is 2.98. The molecule has 106 valence electrons. The van der Waals surface area contributed by atoms with E-state index < -0.39 is 5.82 Å². The van der Waals surface area contributed by atoms with Gasteiger partial charge in [0.2, 0.25) is 0 Å². The molecule has 2 rings (SSSR count). The van der Waals surface area contributed by atoms with Crippen LogP contribution in [0.3, 0.4) is 0 Å². The molecule has 19 heavy (non-hydrogen) atoms. The molecule has 1 saturated heterocycles. The van der Waals surface area contributed by atoms with Crippen LogP contribution in [0.15, 0.2) is 12.1 Å². The molecule has 0 aliphatic carbocycles. The van der Waals surface area contributed by atoms with E-state index in [1.807, 2.05) is 6.92 Å². The fraction of sp³-hybridized carbons (Fsp3) is 0.571. The van der Waals surface area contributed by atoms with E-state index in [0.29, 0.717) is 17.0 Å². The molecule has 3 atom stereocenters. The SMILES string of the molecule is CC(NC(C)C1CCOC1)c1cc(F)c(Cl)cc1Cl. The number of benzene rings is 1. The zero-order valence-electron chi connectivity index (χ0n) is 11.1. The minimum Gasteiger partial charge on any atom is -0.381 e. The van der Waals surface area contributed by atoms with E-state index in [1.165, 1.54) is 12.1 Å². The highest BCUT2D eigenvalue weighted by molar-refractivity contribution is 6.35. The molecule has 1 aliphatic rings. The van der Waals surface area contributed by atoms with Gasteiger partial charge in [0.15, 0.2) is 0 Å². The van der Waals surface area contributed by atoms with Gasteiger partial charge in [0, 0.05) is 23.7 Å². The summed E-state index contributed by atoms with van der Waals surface area (Å²) in [6.07, 6.45) is 1.06. The molecule has 1 aliphatic heterocycles. The monoisotopic (exact) mass is 305 g/mol. The predicted octanol–water partition coefficient (Wildman–Crippen LogP) is 4.21. The zero-order valence-corrected chi connectivity index (χ0v) is 12.6. The third-order valence-electron chi connectivity index (χ3n) is 3.69. The Morgan fingerprint density at radius 3 is 2.68 bits per heavy atom. The number of nitrogens with one attached hydrogen (secondary N) is 1. The lowest BCUT2D eigenvalue weighted by atomic mass is 9.98. The van der Waals surface area contributed by atoms with E-state index in [9.17, 15) is 4.39 Å². The van der Waals surface area contributed by atoms with Crippen LogP contribution in [0.1, 0.15) is 31.9 Å². The topological polar surface area (TPSA) is 21.3 Å². The summed E-state index contributed by atoms with van der Waals surface area (Å²) >= 11 is 11.8. The predicted molar refractivity (Wildman–Crippen MR) is 76.4 cm³/mol. The van der Waals surface area contributed by atoms with Crippen molar-refractivity contribution >= 4 is 23.2 Å². The first-order valence-electron chi connectivity index (χ1n) is 6.47. The Hall–Kier alpha value is -0.350. The van der Waals surface area contributed by atoms with Crippen LogP contribution < -0.4 is 5.32 Å². The summed E-state index contributed by atoms with van der Waals surface area (Å²) in [7, 11) is 0. The third kappa shape index (κ3) is 3.60. The second kappa shape index (κ2) is 6.40. The van der Waals surface area contributed by atoms with Gasteiger partial charge in [0.1, 0.15) is 5.82 Å². The van der Waals surface area contributed by atoms with Crippen molar-refractivity contribution in [2.75, 3.05) is 13.2 Å². The van der Waals surface area contributed by atoms with Gasteiger partial charge in [-0.1, -0.05) is 23.2 Å². The van der Waals surface area contributed by atoms with Crippen molar-refractivity contribution in [2.45, 2.75) is 32.4 Å². The summed E-state index contributed by atoms with van der Waals surface area (Å²) in [4.78, 5) is 0. The average Bonchev–Trinajstić information content (AvgIpc) is 2.87. The molecule has 0 radical (unpaired) electrons. The summed E-state index contributed by atoms with van der Waals surface area (Å²) in [6.45, 7) is 5.70. The van der Waals surface area contributed by atoms with Crippen LogP contribution in [-0.4, -0.2) is 19.3 Å². The largest absolute Gasteiger partial charge is 0.381 e. The maximum absolute atomic E-state index is 13.5. The Balaban J connectivity index is 2.06. The molecule has 0 saturated carbocycles. The molecular weight excluding hydrogens is 288 g/mol. The van der Waals surface area contributed by atoms with Crippen molar-refractivity contribution in [3.63, 3.8) is 0 Å². The highest BCUT2D eigenvalue weighted by atomic mass is 35.5. The molecule has 0 amide bonds. The number of rotatable bonds is 4. The third-order valence-corrected chi connectivity index (χ3v) is 4.31. The van der Waals surface area contributed by atoms with E-state index in [1.54, 1.807) is 0 Å². The molecular formula is C14H18Cl2FNO. The van der Waals surface area contributed by atoms with Crippen LogP contribution in [-0.2, 0) is 4.74 Å².